The molecule has 168 valence electrons. The number of nitrogens with zero attached hydrogens (tertiary/aromatic N) is 5. The summed E-state index contributed by atoms with van der Waals surface area (Å²) in [5.41, 5.74) is 4.48. The van der Waals surface area contributed by atoms with E-state index in [0.29, 0.717) is 11.3 Å². The van der Waals surface area contributed by atoms with Crippen LogP contribution in [0.4, 0.5) is 5.82 Å². The second kappa shape index (κ2) is 8.45. The molecule has 7 heteroatoms. The number of benzene rings is 1. The molecule has 5 rings (SSSR count). The van der Waals surface area contributed by atoms with Crippen molar-refractivity contribution in [1.82, 2.24) is 19.5 Å². The molecular weight excluding hydrogens is 402 g/mol. The van der Waals surface area contributed by atoms with E-state index in [9.17, 15) is 4.79 Å². The lowest BCUT2D eigenvalue weighted by Crippen LogP contribution is -2.39. The van der Waals surface area contributed by atoms with E-state index in [1.54, 1.807) is 7.11 Å². The highest BCUT2D eigenvalue weighted by molar-refractivity contribution is 5.97. The first-order valence-electron chi connectivity index (χ1n) is 11.6. The first-order valence-corrected chi connectivity index (χ1v) is 11.6. The summed E-state index contributed by atoms with van der Waals surface area (Å²) < 4.78 is 7.44. The van der Waals surface area contributed by atoms with E-state index < -0.39 is 0 Å². The maximum atomic E-state index is 13.6. The fourth-order valence-corrected chi connectivity index (χ4v) is 5.16. The molecule has 2 aliphatic heterocycles. The normalized spacial score (nSPS) is 19.0. The Balaban J connectivity index is 1.50. The largest absolute Gasteiger partial charge is 0.496 e. The number of amides is 1. The highest BCUT2D eigenvalue weighted by Crippen LogP contribution is 2.34. The molecule has 2 aromatic heterocycles. The van der Waals surface area contributed by atoms with E-state index in [-0.39, 0.29) is 11.9 Å². The van der Waals surface area contributed by atoms with E-state index in [2.05, 4.69) is 24.1 Å². The van der Waals surface area contributed by atoms with Gasteiger partial charge in [0.05, 0.1) is 24.4 Å². The van der Waals surface area contributed by atoms with Gasteiger partial charge in [0, 0.05) is 37.5 Å². The van der Waals surface area contributed by atoms with Crippen LogP contribution in [0.15, 0.2) is 30.5 Å². The van der Waals surface area contributed by atoms with Crippen LogP contribution in [0.3, 0.4) is 0 Å². The molecule has 1 aromatic carbocycles. The number of para-hydroxylation sites is 1. The average molecular weight is 434 g/mol. The van der Waals surface area contributed by atoms with Crippen molar-refractivity contribution in [2.24, 2.45) is 0 Å². The predicted molar refractivity (Wildman–Crippen MR) is 125 cm³/mol. The lowest BCUT2D eigenvalue weighted by molar-refractivity contribution is 0.0602. The molecule has 0 saturated carbocycles. The van der Waals surface area contributed by atoms with Crippen molar-refractivity contribution in [1.29, 1.82) is 0 Å². The maximum absolute atomic E-state index is 13.6. The van der Waals surface area contributed by atoms with E-state index in [0.717, 1.165) is 67.2 Å². The molecule has 7 nitrogen and oxygen atoms in total. The van der Waals surface area contributed by atoms with Crippen molar-refractivity contribution in [2.75, 3.05) is 31.6 Å². The summed E-state index contributed by atoms with van der Waals surface area (Å²) in [6.07, 6.45) is 7.50. The fraction of sp³-hybridized carbons (Fsp3) is 0.480. The Bertz CT molecular complexity index is 1150. The maximum Gasteiger partial charge on any atom is 0.258 e. The number of carbonyl (C=O) groups excluding carboxylic acids is 1. The van der Waals surface area contributed by atoms with Crippen LogP contribution < -0.4 is 9.64 Å². The van der Waals surface area contributed by atoms with Gasteiger partial charge in [-0.3, -0.25) is 4.79 Å². The van der Waals surface area contributed by atoms with Gasteiger partial charge in [0.2, 0.25) is 0 Å². The highest BCUT2D eigenvalue weighted by atomic mass is 16.5. The lowest BCUT2D eigenvalue weighted by atomic mass is 9.97. The van der Waals surface area contributed by atoms with Gasteiger partial charge in [0.25, 0.3) is 5.91 Å². The molecule has 2 fully saturated rings. The average Bonchev–Trinajstić information content (AvgIpc) is 3.47. The summed E-state index contributed by atoms with van der Waals surface area (Å²) in [6.45, 7) is 6.92. The van der Waals surface area contributed by atoms with Crippen LogP contribution in [0.5, 0.6) is 5.75 Å². The van der Waals surface area contributed by atoms with Crippen molar-refractivity contribution in [3.05, 3.63) is 52.8 Å². The minimum atomic E-state index is -0.0567. The van der Waals surface area contributed by atoms with Crippen molar-refractivity contribution >= 4 is 17.4 Å². The second-order valence-electron chi connectivity index (χ2n) is 8.98. The number of fused-ring (bicyclic) bond motifs is 1. The minimum absolute atomic E-state index is 0.00852. The van der Waals surface area contributed by atoms with Crippen LogP contribution in [0.2, 0.25) is 0 Å². The molecule has 2 saturated heterocycles. The van der Waals surface area contributed by atoms with Gasteiger partial charge >= 0.3 is 0 Å². The van der Waals surface area contributed by atoms with Crippen LogP contribution in [0.25, 0.3) is 5.65 Å². The molecule has 1 amide bonds. The number of carbonyl (C=O) groups is 1. The summed E-state index contributed by atoms with van der Waals surface area (Å²) >= 11 is 0. The number of rotatable bonds is 4. The summed E-state index contributed by atoms with van der Waals surface area (Å²) in [5.74, 6) is 1.72. The first kappa shape index (κ1) is 20.8. The molecule has 4 heterocycles. The highest BCUT2D eigenvalue weighted by Gasteiger charge is 2.32. The van der Waals surface area contributed by atoms with Crippen molar-refractivity contribution in [3.8, 4) is 5.75 Å². The van der Waals surface area contributed by atoms with Gasteiger partial charge in [-0.2, -0.15) is 5.10 Å². The molecule has 0 spiro atoms. The smallest absolute Gasteiger partial charge is 0.258 e. The predicted octanol–water partition coefficient (Wildman–Crippen LogP) is 4.32. The molecule has 3 aromatic rings. The Morgan fingerprint density at radius 2 is 1.84 bits per heavy atom. The Morgan fingerprint density at radius 3 is 2.62 bits per heavy atom. The van der Waals surface area contributed by atoms with Gasteiger partial charge in [-0.25, -0.2) is 9.50 Å². The third-order valence-electron chi connectivity index (χ3n) is 6.78. The molecular formula is C25H31N5O2. The van der Waals surface area contributed by atoms with Gasteiger partial charge in [-0.1, -0.05) is 12.1 Å². The lowest BCUT2D eigenvalue weighted by Gasteiger charge is -2.35. The monoisotopic (exact) mass is 433 g/mol. The fourth-order valence-electron chi connectivity index (χ4n) is 5.16. The molecule has 0 bridgehead atoms. The van der Waals surface area contributed by atoms with Crippen molar-refractivity contribution < 1.29 is 9.53 Å². The second-order valence-corrected chi connectivity index (χ2v) is 8.98. The Labute approximate surface area is 189 Å². The molecule has 0 N–H and O–H groups in total. The van der Waals surface area contributed by atoms with E-state index in [1.807, 2.05) is 34.5 Å². The number of hydrogen-bond acceptors (Lipinski definition) is 5. The summed E-state index contributed by atoms with van der Waals surface area (Å²) in [4.78, 5) is 22.9. The number of aryl methyl sites for hydroxylation is 2. The molecule has 1 atom stereocenters. The van der Waals surface area contributed by atoms with Gasteiger partial charge in [-0.15, -0.1) is 0 Å². The zero-order chi connectivity index (χ0) is 22.2. The number of aromatic nitrogens is 3. The Kier molecular flexibility index (Phi) is 5.49. The van der Waals surface area contributed by atoms with Gasteiger partial charge in [0.15, 0.2) is 5.65 Å². The number of likely N-dealkylation sites (tertiary alicyclic amines) is 1. The van der Waals surface area contributed by atoms with E-state index in [1.165, 1.54) is 12.8 Å². The minimum Gasteiger partial charge on any atom is -0.496 e. The van der Waals surface area contributed by atoms with Crippen LogP contribution in [0, 0.1) is 13.8 Å². The summed E-state index contributed by atoms with van der Waals surface area (Å²) in [7, 11) is 1.63. The van der Waals surface area contributed by atoms with Gasteiger partial charge in [0.1, 0.15) is 11.6 Å². The number of methoxy groups -OCH3 is 1. The zero-order valence-electron chi connectivity index (χ0n) is 19.2. The Hall–Kier alpha value is -3.09. The number of piperidine rings is 1. The third kappa shape index (κ3) is 3.59. The topological polar surface area (TPSA) is 63.0 Å². The summed E-state index contributed by atoms with van der Waals surface area (Å²) in [6, 6.07) is 7.75. The van der Waals surface area contributed by atoms with Crippen LogP contribution in [0.1, 0.15) is 65.3 Å². The summed E-state index contributed by atoms with van der Waals surface area (Å²) in [5, 5.41) is 4.86. The van der Waals surface area contributed by atoms with Crippen LogP contribution >= 0.6 is 0 Å². The molecule has 0 radical (unpaired) electrons. The van der Waals surface area contributed by atoms with Crippen molar-refractivity contribution in [3.63, 3.8) is 0 Å². The standard InChI is InChI=1S/C25H31N5O2/c1-17-9-8-10-19(23(17)32-3)25(31)29-14-5-4-11-21(29)20-15-22-26-24(28-12-6-7-13-28)18(2)16-30(22)27-20/h8-10,15-16,21H,4-7,11-14H2,1-3H3. The van der Waals surface area contributed by atoms with E-state index >= 15 is 0 Å². The van der Waals surface area contributed by atoms with Gasteiger partial charge in [-0.05, 0) is 57.6 Å². The molecule has 2 aliphatic rings. The number of hydrogen-bond donors (Lipinski definition) is 0. The van der Waals surface area contributed by atoms with Crippen LogP contribution in [-0.4, -0.2) is 52.1 Å². The molecule has 0 aliphatic carbocycles. The van der Waals surface area contributed by atoms with Gasteiger partial charge < -0.3 is 14.5 Å². The first-order chi connectivity index (χ1) is 15.6. The van der Waals surface area contributed by atoms with Crippen molar-refractivity contribution in [2.45, 2.75) is 52.0 Å². The van der Waals surface area contributed by atoms with Crippen LogP contribution in [-0.2, 0) is 0 Å². The number of ether oxygens (including phenoxy) is 1. The molecule has 32 heavy (non-hydrogen) atoms. The number of anilines is 1. The SMILES string of the molecule is COc1c(C)cccc1C(=O)N1CCCCC1c1cc2nc(N3CCCC3)c(C)cn2n1. The Morgan fingerprint density at radius 1 is 1.06 bits per heavy atom. The third-order valence-corrected chi connectivity index (χ3v) is 6.78. The quantitative estimate of drug-likeness (QED) is 0.613. The van der Waals surface area contributed by atoms with E-state index in [4.69, 9.17) is 14.8 Å². The zero-order valence-corrected chi connectivity index (χ0v) is 19.2. The molecule has 1 unspecified atom stereocenters.